The van der Waals surface area contributed by atoms with Gasteiger partial charge in [0.15, 0.2) is 0 Å². The normalized spacial score (nSPS) is 40.4. The first-order valence-electron chi connectivity index (χ1n) is 5.59. The Bertz CT molecular complexity index is 219. The molecule has 1 heterocycles. The summed E-state index contributed by atoms with van der Waals surface area (Å²) in [5.41, 5.74) is 0. The molecule has 0 N–H and O–H groups in total. The SMILES string of the molecule is C[C@@H]1CN(C2CCCC2=O)C[C@H](C)O1. The highest BCUT2D eigenvalue weighted by Gasteiger charge is 2.34. The Morgan fingerprint density at radius 2 is 1.93 bits per heavy atom. The quantitative estimate of drug-likeness (QED) is 0.633. The van der Waals surface area contributed by atoms with Crippen molar-refractivity contribution in [2.45, 2.75) is 51.4 Å². The first-order chi connectivity index (χ1) is 6.66. The van der Waals surface area contributed by atoms with E-state index in [1.807, 2.05) is 0 Å². The van der Waals surface area contributed by atoms with Crippen LogP contribution in [0.2, 0.25) is 0 Å². The van der Waals surface area contributed by atoms with Crippen molar-refractivity contribution in [1.82, 2.24) is 4.90 Å². The predicted octanol–water partition coefficient (Wildman–Crippen LogP) is 1.22. The van der Waals surface area contributed by atoms with Crippen LogP contribution in [0.5, 0.6) is 0 Å². The summed E-state index contributed by atoms with van der Waals surface area (Å²) in [7, 11) is 0. The van der Waals surface area contributed by atoms with Gasteiger partial charge < -0.3 is 4.74 Å². The van der Waals surface area contributed by atoms with Crippen molar-refractivity contribution >= 4 is 5.78 Å². The van der Waals surface area contributed by atoms with Crippen LogP contribution >= 0.6 is 0 Å². The van der Waals surface area contributed by atoms with E-state index in [1.165, 1.54) is 0 Å². The van der Waals surface area contributed by atoms with Crippen LogP contribution in [0.1, 0.15) is 33.1 Å². The number of hydrogen-bond donors (Lipinski definition) is 0. The maximum absolute atomic E-state index is 11.6. The van der Waals surface area contributed by atoms with Crippen LogP contribution in [0.3, 0.4) is 0 Å². The number of nitrogens with zero attached hydrogens (tertiary/aromatic N) is 1. The van der Waals surface area contributed by atoms with Gasteiger partial charge in [0.2, 0.25) is 0 Å². The first-order valence-corrected chi connectivity index (χ1v) is 5.59. The van der Waals surface area contributed by atoms with Crippen LogP contribution in [0, 0.1) is 0 Å². The molecule has 1 unspecified atom stereocenters. The lowest BCUT2D eigenvalue weighted by atomic mass is 10.1. The number of ether oxygens (including phenoxy) is 1. The molecule has 1 aliphatic carbocycles. The first kappa shape index (κ1) is 10.1. The van der Waals surface area contributed by atoms with E-state index >= 15 is 0 Å². The molecule has 2 aliphatic rings. The smallest absolute Gasteiger partial charge is 0.149 e. The fourth-order valence-corrected chi connectivity index (χ4v) is 2.66. The molecule has 1 saturated heterocycles. The lowest BCUT2D eigenvalue weighted by molar-refractivity contribution is -0.127. The summed E-state index contributed by atoms with van der Waals surface area (Å²) in [5, 5.41) is 0. The maximum atomic E-state index is 11.6. The van der Waals surface area contributed by atoms with E-state index in [-0.39, 0.29) is 18.2 Å². The van der Waals surface area contributed by atoms with Crippen LogP contribution in [-0.2, 0) is 9.53 Å². The lowest BCUT2D eigenvalue weighted by Gasteiger charge is -2.38. The van der Waals surface area contributed by atoms with Gasteiger partial charge in [0.05, 0.1) is 18.2 Å². The molecule has 2 fully saturated rings. The number of rotatable bonds is 1. The summed E-state index contributed by atoms with van der Waals surface area (Å²) < 4.78 is 5.66. The number of hydrogen-bond acceptors (Lipinski definition) is 3. The molecule has 0 amide bonds. The largest absolute Gasteiger partial charge is 0.373 e. The van der Waals surface area contributed by atoms with Crippen molar-refractivity contribution in [3.8, 4) is 0 Å². The Morgan fingerprint density at radius 1 is 1.29 bits per heavy atom. The minimum Gasteiger partial charge on any atom is -0.373 e. The number of carbonyl (C=O) groups excluding carboxylic acids is 1. The Kier molecular flexibility index (Phi) is 2.88. The van der Waals surface area contributed by atoms with E-state index < -0.39 is 0 Å². The Morgan fingerprint density at radius 3 is 2.43 bits per heavy atom. The van der Waals surface area contributed by atoms with E-state index in [1.54, 1.807) is 0 Å². The molecule has 3 nitrogen and oxygen atoms in total. The molecule has 80 valence electrons. The summed E-state index contributed by atoms with van der Waals surface area (Å²) >= 11 is 0. The average molecular weight is 197 g/mol. The second-order valence-electron chi connectivity index (χ2n) is 4.59. The van der Waals surface area contributed by atoms with Crippen LogP contribution in [-0.4, -0.2) is 42.0 Å². The third kappa shape index (κ3) is 1.98. The number of carbonyl (C=O) groups is 1. The van der Waals surface area contributed by atoms with Crippen molar-refractivity contribution in [2.75, 3.05) is 13.1 Å². The molecule has 0 aromatic rings. The van der Waals surface area contributed by atoms with Gasteiger partial charge in [0, 0.05) is 19.5 Å². The van der Waals surface area contributed by atoms with Crippen LogP contribution < -0.4 is 0 Å². The third-order valence-corrected chi connectivity index (χ3v) is 3.16. The second kappa shape index (κ2) is 3.99. The Balaban J connectivity index is 1.99. The zero-order chi connectivity index (χ0) is 10.1. The molecule has 3 atom stereocenters. The van der Waals surface area contributed by atoms with Crippen LogP contribution in [0.25, 0.3) is 0 Å². The molecule has 0 radical (unpaired) electrons. The molecule has 1 aliphatic heterocycles. The maximum Gasteiger partial charge on any atom is 0.149 e. The molecular formula is C11H19NO2. The molecular weight excluding hydrogens is 178 g/mol. The summed E-state index contributed by atoms with van der Waals surface area (Å²) in [6.45, 7) is 6.01. The second-order valence-corrected chi connectivity index (χ2v) is 4.59. The highest BCUT2D eigenvalue weighted by Crippen LogP contribution is 2.23. The van der Waals surface area contributed by atoms with E-state index in [0.29, 0.717) is 5.78 Å². The van der Waals surface area contributed by atoms with Crippen molar-refractivity contribution < 1.29 is 9.53 Å². The zero-order valence-electron chi connectivity index (χ0n) is 9.03. The fraction of sp³-hybridized carbons (Fsp3) is 0.909. The van der Waals surface area contributed by atoms with Crippen molar-refractivity contribution in [2.24, 2.45) is 0 Å². The molecule has 1 saturated carbocycles. The Hall–Kier alpha value is -0.410. The summed E-state index contributed by atoms with van der Waals surface area (Å²) in [6.07, 6.45) is 3.45. The molecule has 0 aromatic carbocycles. The van der Waals surface area contributed by atoms with Gasteiger partial charge in [-0.15, -0.1) is 0 Å². The summed E-state index contributed by atoms with van der Waals surface area (Å²) in [6, 6.07) is 0.198. The van der Waals surface area contributed by atoms with Gasteiger partial charge in [-0.1, -0.05) is 0 Å². The topological polar surface area (TPSA) is 29.5 Å². The van der Waals surface area contributed by atoms with Gasteiger partial charge in [-0.2, -0.15) is 0 Å². The molecule has 2 rings (SSSR count). The molecule has 3 heteroatoms. The molecule has 0 bridgehead atoms. The standard InChI is InChI=1S/C11H19NO2/c1-8-6-12(7-9(2)14-8)10-4-3-5-11(10)13/h8-10H,3-7H2,1-2H3/t8-,9+,10?. The highest BCUT2D eigenvalue weighted by molar-refractivity contribution is 5.85. The van der Waals surface area contributed by atoms with Gasteiger partial charge in [0.1, 0.15) is 5.78 Å². The molecule has 0 spiro atoms. The third-order valence-electron chi connectivity index (χ3n) is 3.16. The summed E-state index contributed by atoms with van der Waals surface area (Å²) in [5.74, 6) is 0.436. The van der Waals surface area contributed by atoms with Gasteiger partial charge in [-0.05, 0) is 26.7 Å². The predicted molar refractivity (Wildman–Crippen MR) is 54.2 cm³/mol. The van der Waals surface area contributed by atoms with Crippen molar-refractivity contribution in [3.05, 3.63) is 0 Å². The molecule has 14 heavy (non-hydrogen) atoms. The monoisotopic (exact) mass is 197 g/mol. The van der Waals surface area contributed by atoms with Gasteiger partial charge in [-0.3, -0.25) is 9.69 Å². The highest BCUT2D eigenvalue weighted by atomic mass is 16.5. The van der Waals surface area contributed by atoms with Crippen LogP contribution in [0.15, 0.2) is 0 Å². The number of morpholine rings is 1. The lowest BCUT2D eigenvalue weighted by Crippen LogP contribution is -2.51. The van der Waals surface area contributed by atoms with Gasteiger partial charge >= 0.3 is 0 Å². The van der Waals surface area contributed by atoms with Crippen molar-refractivity contribution in [3.63, 3.8) is 0 Å². The summed E-state index contributed by atoms with van der Waals surface area (Å²) in [4.78, 5) is 13.9. The fourth-order valence-electron chi connectivity index (χ4n) is 2.66. The number of Topliss-reactive ketones (excluding diaryl/α,β-unsaturated/α-hetero) is 1. The van der Waals surface area contributed by atoms with Crippen molar-refractivity contribution in [1.29, 1.82) is 0 Å². The van der Waals surface area contributed by atoms with Crippen LogP contribution in [0.4, 0.5) is 0 Å². The number of ketones is 1. The zero-order valence-corrected chi connectivity index (χ0v) is 9.03. The van der Waals surface area contributed by atoms with Gasteiger partial charge in [0.25, 0.3) is 0 Å². The average Bonchev–Trinajstić information content (AvgIpc) is 2.49. The minimum absolute atomic E-state index is 0.198. The molecule has 0 aromatic heterocycles. The van der Waals surface area contributed by atoms with E-state index in [9.17, 15) is 4.79 Å². The Labute approximate surface area is 85.4 Å². The van der Waals surface area contributed by atoms with E-state index in [0.717, 1.165) is 32.4 Å². The van der Waals surface area contributed by atoms with E-state index in [4.69, 9.17) is 4.74 Å². The minimum atomic E-state index is 0.198. The van der Waals surface area contributed by atoms with Gasteiger partial charge in [-0.25, -0.2) is 0 Å². The van der Waals surface area contributed by atoms with E-state index in [2.05, 4.69) is 18.7 Å².